The number of hydrogen-bond acceptors (Lipinski definition) is 8. The van der Waals surface area contributed by atoms with Crippen molar-refractivity contribution in [3.8, 4) is 17.0 Å². The van der Waals surface area contributed by atoms with E-state index in [0.29, 0.717) is 16.6 Å². The topological polar surface area (TPSA) is 115 Å². The van der Waals surface area contributed by atoms with Crippen LogP contribution >= 0.6 is 0 Å². The van der Waals surface area contributed by atoms with Crippen LogP contribution in [0.3, 0.4) is 0 Å². The highest BCUT2D eigenvalue weighted by molar-refractivity contribution is 7.89. The zero-order valence-corrected chi connectivity index (χ0v) is 28.0. The number of alkyl halides is 4. The minimum Gasteiger partial charge on any atom is -0.460 e. The second-order valence-corrected chi connectivity index (χ2v) is 15.8. The molecule has 1 amide bonds. The summed E-state index contributed by atoms with van der Waals surface area (Å²) in [7, 11) is -3.84. The van der Waals surface area contributed by atoms with Gasteiger partial charge in [0.2, 0.25) is 16.4 Å². The molecular formula is C35H36F4N4O5S. The quantitative estimate of drug-likeness (QED) is 0.188. The lowest BCUT2D eigenvalue weighted by molar-refractivity contribution is -0.137. The van der Waals surface area contributed by atoms with Crippen molar-refractivity contribution in [2.45, 2.75) is 76.2 Å². The molecule has 3 fully saturated rings. The molecule has 260 valence electrons. The first-order valence-electron chi connectivity index (χ1n) is 16.2. The second-order valence-electron chi connectivity index (χ2n) is 14.1. The highest BCUT2D eigenvalue weighted by Crippen LogP contribution is 2.64. The van der Waals surface area contributed by atoms with E-state index in [4.69, 9.17) is 9.26 Å². The van der Waals surface area contributed by atoms with Crippen LogP contribution in [0.1, 0.15) is 85.7 Å². The average molecular weight is 701 g/mol. The van der Waals surface area contributed by atoms with Crippen molar-refractivity contribution in [1.82, 2.24) is 14.9 Å². The van der Waals surface area contributed by atoms with Crippen LogP contribution < -0.4 is 14.4 Å². The van der Waals surface area contributed by atoms with Gasteiger partial charge in [-0.3, -0.25) is 4.79 Å². The number of nitrogens with one attached hydrogen (secondary N) is 1. The summed E-state index contributed by atoms with van der Waals surface area (Å²) in [6, 6.07) is 12.2. The summed E-state index contributed by atoms with van der Waals surface area (Å²) >= 11 is 0. The molecule has 2 aliphatic carbocycles. The third-order valence-corrected chi connectivity index (χ3v) is 10.6. The molecule has 0 bridgehead atoms. The van der Waals surface area contributed by atoms with Crippen molar-refractivity contribution in [3.05, 3.63) is 71.1 Å². The predicted molar refractivity (Wildman–Crippen MR) is 175 cm³/mol. The van der Waals surface area contributed by atoms with E-state index in [0.717, 1.165) is 80.9 Å². The first kappa shape index (κ1) is 33.3. The zero-order valence-electron chi connectivity index (χ0n) is 27.2. The summed E-state index contributed by atoms with van der Waals surface area (Å²) in [6.07, 6.45) is -0.146. The van der Waals surface area contributed by atoms with Gasteiger partial charge in [-0.15, -0.1) is 0 Å². The van der Waals surface area contributed by atoms with Crippen LogP contribution in [0.4, 0.5) is 23.2 Å². The van der Waals surface area contributed by atoms with Crippen LogP contribution in [0.15, 0.2) is 53.1 Å². The highest BCUT2D eigenvalue weighted by Gasteiger charge is 2.56. The first-order valence-corrected chi connectivity index (χ1v) is 18.1. The van der Waals surface area contributed by atoms with E-state index in [1.54, 1.807) is 12.1 Å². The number of sulfonamides is 1. The molecule has 3 aliphatic rings. The standard InChI is InChI=1S/C35H36F4N4O5S/c1-20(36)47-28-17-27(32(44)42-49(3,45)46)40-26-11-10-22(16-24(26)28)43-14-12-34(13-15-43)18-33(2,19-34)29-30(41-48-31(29)21-8-9-21)23-6-4-5-7-25(23)35(37,38)39/h4-7,10-11,16-17,20-21H,8-9,12-15,18-19H2,1-3H3,(H,42,44). The van der Waals surface area contributed by atoms with Crippen molar-refractivity contribution >= 4 is 32.5 Å². The molecule has 1 aliphatic heterocycles. The molecule has 9 nitrogen and oxygen atoms in total. The molecule has 1 N–H and O–H groups in total. The summed E-state index contributed by atoms with van der Waals surface area (Å²) in [5.41, 5.74) is 1.07. The maximum Gasteiger partial charge on any atom is 0.417 e. The molecule has 2 aromatic carbocycles. The third-order valence-electron chi connectivity index (χ3n) is 10.0. The number of halogens is 4. The van der Waals surface area contributed by atoms with Crippen LogP contribution in [0, 0.1) is 5.41 Å². The molecule has 2 saturated carbocycles. The molecule has 0 radical (unpaired) electrons. The van der Waals surface area contributed by atoms with Crippen LogP contribution in [0.25, 0.3) is 22.2 Å². The van der Waals surface area contributed by atoms with Gasteiger partial charge in [-0.2, -0.15) is 13.2 Å². The molecular weight excluding hydrogens is 664 g/mol. The number of rotatable bonds is 8. The smallest absolute Gasteiger partial charge is 0.417 e. The van der Waals surface area contributed by atoms with Crippen molar-refractivity contribution < 1.29 is 40.0 Å². The third kappa shape index (κ3) is 6.47. The molecule has 2 aromatic heterocycles. The van der Waals surface area contributed by atoms with Crippen LogP contribution in [-0.2, 0) is 21.6 Å². The van der Waals surface area contributed by atoms with Gasteiger partial charge in [0.05, 0.1) is 17.3 Å². The van der Waals surface area contributed by atoms with Gasteiger partial charge >= 0.3 is 6.18 Å². The van der Waals surface area contributed by atoms with Crippen LogP contribution in [0.5, 0.6) is 5.75 Å². The van der Waals surface area contributed by atoms with Crippen molar-refractivity contribution in [2.75, 3.05) is 24.2 Å². The maximum atomic E-state index is 14.0. The van der Waals surface area contributed by atoms with Gasteiger partial charge in [0.15, 0.2) is 0 Å². The Bertz CT molecular complexity index is 2040. The number of ether oxygens (including phenoxy) is 1. The fraction of sp³-hybridized carbons (Fsp3) is 0.457. The number of benzene rings is 2. The molecule has 7 rings (SSSR count). The van der Waals surface area contributed by atoms with Gasteiger partial charge in [-0.05, 0) is 73.6 Å². The summed E-state index contributed by atoms with van der Waals surface area (Å²) in [5, 5.41) is 4.74. The van der Waals surface area contributed by atoms with E-state index in [2.05, 4.69) is 22.0 Å². The fourth-order valence-electron chi connectivity index (χ4n) is 7.99. The number of nitrogens with zero attached hydrogens (tertiary/aromatic N) is 3. The summed E-state index contributed by atoms with van der Waals surface area (Å²) in [6.45, 7) is 4.77. The number of piperidine rings is 1. The maximum absolute atomic E-state index is 14.0. The molecule has 1 spiro atoms. The molecule has 1 unspecified atom stereocenters. The molecule has 4 aromatic rings. The van der Waals surface area contributed by atoms with Crippen LogP contribution in [-0.4, -0.2) is 50.2 Å². The monoisotopic (exact) mass is 700 g/mol. The normalized spacial score (nSPS) is 19.4. The predicted octanol–water partition coefficient (Wildman–Crippen LogP) is 7.51. The molecule has 1 saturated heterocycles. The fourth-order valence-corrected chi connectivity index (χ4v) is 8.43. The lowest BCUT2D eigenvalue weighted by Gasteiger charge is -2.58. The van der Waals surface area contributed by atoms with E-state index < -0.39 is 34.0 Å². The number of aromatic nitrogens is 2. The summed E-state index contributed by atoms with van der Waals surface area (Å²) in [5.74, 6) is 0.0214. The first-order chi connectivity index (χ1) is 23.0. The number of amides is 1. The van der Waals surface area contributed by atoms with Gasteiger partial charge in [0.25, 0.3) is 5.91 Å². The Kier molecular flexibility index (Phi) is 7.95. The van der Waals surface area contributed by atoms with Gasteiger partial charge in [0, 0.05) is 54.2 Å². The van der Waals surface area contributed by atoms with Gasteiger partial charge in [-0.1, -0.05) is 30.3 Å². The van der Waals surface area contributed by atoms with E-state index in [9.17, 15) is 30.8 Å². The Labute approximate surface area is 281 Å². The lowest BCUT2D eigenvalue weighted by atomic mass is 9.48. The van der Waals surface area contributed by atoms with Gasteiger partial charge in [-0.25, -0.2) is 22.5 Å². The number of carbonyl (C=O) groups excluding carboxylic acids is 1. The minimum absolute atomic E-state index is 0.0162. The Hall–Kier alpha value is -4.20. The number of hydrogen-bond donors (Lipinski definition) is 1. The van der Waals surface area contributed by atoms with E-state index >= 15 is 0 Å². The minimum atomic E-state index is -4.52. The van der Waals surface area contributed by atoms with E-state index in [1.165, 1.54) is 25.1 Å². The lowest BCUT2D eigenvalue weighted by Crippen LogP contribution is -2.53. The van der Waals surface area contributed by atoms with Crippen molar-refractivity contribution in [1.29, 1.82) is 0 Å². The Morgan fingerprint density at radius 3 is 2.43 bits per heavy atom. The summed E-state index contributed by atoms with van der Waals surface area (Å²) < 4.78 is 92.4. The molecule has 49 heavy (non-hydrogen) atoms. The van der Waals surface area contributed by atoms with Gasteiger partial charge < -0.3 is 14.2 Å². The highest BCUT2D eigenvalue weighted by atomic mass is 32.2. The second kappa shape index (κ2) is 11.7. The SMILES string of the molecule is CC(F)Oc1cc(C(=O)NS(C)(=O)=O)nc2ccc(N3CCC4(CC3)CC(C)(c3c(-c5ccccc5C(F)(F)F)noc3C3CC3)C4)cc12. The largest absolute Gasteiger partial charge is 0.460 e. The Morgan fingerprint density at radius 2 is 1.80 bits per heavy atom. The number of anilines is 1. The Morgan fingerprint density at radius 1 is 1.10 bits per heavy atom. The van der Waals surface area contributed by atoms with Gasteiger partial charge in [0.1, 0.15) is 22.9 Å². The van der Waals surface area contributed by atoms with Crippen molar-refractivity contribution in [3.63, 3.8) is 0 Å². The number of pyridine rings is 1. The molecule has 14 heteroatoms. The van der Waals surface area contributed by atoms with E-state index in [1.807, 2.05) is 16.9 Å². The van der Waals surface area contributed by atoms with E-state index in [-0.39, 0.29) is 33.8 Å². The van der Waals surface area contributed by atoms with Crippen molar-refractivity contribution in [2.24, 2.45) is 5.41 Å². The summed E-state index contributed by atoms with van der Waals surface area (Å²) in [4.78, 5) is 19.0. The number of fused-ring (bicyclic) bond motifs is 1. The average Bonchev–Trinajstić information content (AvgIpc) is 3.76. The molecule has 3 heterocycles. The Balaban J connectivity index is 1.12. The molecule has 1 atom stereocenters. The zero-order chi connectivity index (χ0) is 34.9. The number of carbonyl (C=O) groups is 1. The van der Waals surface area contributed by atoms with Crippen LogP contribution in [0.2, 0.25) is 0 Å².